The third kappa shape index (κ3) is 4.18. The number of nitrogens with two attached hydrogens (primary N) is 2. The Kier molecular flexibility index (Phi) is 6.16. The summed E-state index contributed by atoms with van der Waals surface area (Å²) in [5.74, 6) is -0.0581. The van der Waals surface area contributed by atoms with Gasteiger partial charge in [0.2, 0.25) is 5.95 Å². The molecule has 0 radical (unpaired) electrons. The van der Waals surface area contributed by atoms with Crippen LogP contribution in [0.5, 0.6) is 0 Å². The minimum Gasteiger partial charge on any atom is -0.396 e. The summed E-state index contributed by atoms with van der Waals surface area (Å²) in [6, 6.07) is 9.51. The molecule has 1 aliphatic heterocycles. The van der Waals surface area contributed by atoms with Crippen LogP contribution in [-0.2, 0) is 4.74 Å². The first-order valence-corrected chi connectivity index (χ1v) is 9.75. The maximum atomic E-state index is 13.0. The number of benzene rings is 1. The molecule has 6 N–H and O–H groups in total. The first-order valence-electron chi connectivity index (χ1n) is 9.75. The summed E-state index contributed by atoms with van der Waals surface area (Å²) in [6.45, 7) is 3.55. The molecular formula is C21H29N5O4. The predicted octanol–water partition coefficient (Wildman–Crippen LogP) is 0.968. The fourth-order valence-corrected chi connectivity index (χ4v) is 3.91. The summed E-state index contributed by atoms with van der Waals surface area (Å²) in [5.41, 5.74) is 11.9. The molecule has 3 rings (SSSR count). The zero-order chi connectivity index (χ0) is 22.1. The fourth-order valence-electron chi connectivity index (χ4n) is 3.91. The smallest absolute Gasteiger partial charge is 0.284 e. The van der Waals surface area contributed by atoms with Gasteiger partial charge in [-0.05, 0) is 31.9 Å². The molecule has 3 unspecified atom stereocenters. The van der Waals surface area contributed by atoms with Crippen molar-refractivity contribution in [1.82, 2.24) is 9.55 Å². The molecule has 1 aromatic carbocycles. The summed E-state index contributed by atoms with van der Waals surface area (Å²) in [6.07, 6.45) is 1.35. The monoisotopic (exact) mass is 415 g/mol. The molecular weight excluding hydrogens is 386 g/mol. The average Bonchev–Trinajstić information content (AvgIpc) is 2.70. The van der Waals surface area contributed by atoms with E-state index < -0.39 is 17.4 Å². The van der Waals surface area contributed by atoms with Crippen LogP contribution in [0.1, 0.15) is 25.8 Å². The van der Waals surface area contributed by atoms with E-state index in [0.29, 0.717) is 12.1 Å². The Labute approximate surface area is 175 Å². The highest BCUT2D eigenvalue weighted by molar-refractivity contribution is 5.73. The third-order valence-corrected chi connectivity index (χ3v) is 5.32. The topological polar surface area (TPSA) is 140 Å². The Hall–Kier alpha value is -2.88. The highest BCUT2D eigenvalue weighted by atomic mass is 16.5. The van der Waals surface area contributed by atoms with Gasteiger partial charge < -0.3 is 31.3 Å². The van der Waals surface area contributed by atoms with Crippen LogP contribution < -0.4 is 21.9 Å². The van der Waals surface area contributed by atoms with E-state index in [4.69, 9.17) is 16.2 Å². The van der Waals surface area contributed by atoms with Crippen LogP contribution in [-0.4, -0.2) is 51.9 Å². The van der Waals surface area contributed by atoms with Crippen molar-refractivity contribution in [3.05, 3.63) is 46.2 Å². The lowest BCUT2D eigenvalue weighted by Crippen LogP contribution is -2.57. The van der Waals surface area contributed by atoms with E-state index in [9.17, 15) is 15.0 Å². The lowest BCUT2D eigenvalue weighted by Gasteiger charge is -2.44. The zero-order valence-corrected chi connectivity index (χ0v) is 17.4. The van der Waals surface area contributed by atoms with Crippen molar-refractivity contribution >= 4 is 29.2 Å². The molecule has 0 amide bonds. The number of hydrogen-bond acceptors (Lipinski definition) is 8. The van der Waals surface area contributed by atoms with E-state index >= 15 is 0 Å². The van der Waals surface area contributed by atoms with Crippen molar-refractivity contribution in [2.45, 2.75) is 32.1 Å². The summed E-state index contributed by atoms with van der Waals surface area (Å²) < 4.78 is 7.02. The number of aromatic nitrogens is 2. The highest BCUT2D eigenvalue weighted by Crippen LogP contribution is 2.33. The average molecular weight is 415 g/mol. The SMILES string of the molecule is C/C(=C\c1ccccc1)n1c(N)nc(N(C)C2OCC(CO)CC2(C)O)c(N)c1=O. The molecule has 9 heteroatoms. The molecule has 0 saturated carbocycles. The van der Waals surface area contributed by atoms with Crippen molar-refractivity contribution in [3.63, 3.8) is 0 Å². The molecule has 2 aromatic rings. The van der Waals surface area contributed by atoms with Crippen LogP contribution in [0.25, 0.3) is 11.8 Å². The summed E-state index contributed by atoms with van der Waals surface area (Å²) in [5, 5.41) is 20.2. The number of ether oxygens (including phenoxy) is 1. The first kappa shape index (κ1) is 21.8. The molecule has 1 aliphatic rings. The second kappa shape index (κ2) is 8.47. The van der Waals surface area contributed by atoms with Gasteiger partial charge in [0.15, 0.2) is 12.0 Å². The molecule has 30 heavy (non-hydrogen) atoms. The first-order chi connectivity index (χ1) is 14.2. The molecule has 2 heterocycles. The lowest BCUT2D eigenvalue weighted by molar-refractivity contribution is -0.159. The van der Waals surface area contributed by atoms with Crippen molar-refractivity contribution in [2.75, 3.05) is 36.6 Å². The molecule has 0 spiro atoms. The van der Waals surface area contributed by atoms with Gasteiger partial charge in [-0.2, -0.15) is 4.98 Å². The van der Waals surface area contributed by atoms with Crippen molar-refractivity contribution in [1.29, 1.82) is 0 Å². The van der Waals surface area contributed by atoms with Gasteiger partial charge in [0, 0.05) is 25.3 Å². The van der Waals surface area contributed by atoms with Crippen LogP contribution >= 0.6 is 0 Å². The summed E-state index contributed by atoms with van der Waals surface area (Å²) in [4.78, 5) is 18.9. The number of allylic oxidation sites excluding steroid dienone is 1. The van der Waals surface area contributed by atoms with Gasteiger partial charge in [-0.1, -0.05) is 30.3 Å². The lowest BCUT2D eigenvalue weighted by atomic mass is 9.88. The number of nitrogen functional groups attached to an aromatic ring is 2. The maximum Gasteiger partial charge on any atom is 0.284 e. The Morgan fingerprint density at radius 2 is 2.07 bits per heavy atom. The summed E-state index contributed by atoms with van der Waals surface area (Å²) >= 11 is 0. The minimum absolute atomic E-state index is 0.0237. The van der Waals surface area contributed by atoms with Gasteiger partial charge in [-0.25, -0.2) is 4.57 Å². The summed E-state index contributed by atoms with van der Waals surface area (Å²) in [7, 11) is 1.63. The quantitative estimate of drug-likeness (QED) is 0.566. The molecule has 3 atom stereocenters. The zero-order valence-electron chi connectivity index (χ0n) is 17.4. The number of rotatable bonds is 5. The van der Waals surface area contributed by atoms with Gasteiger partial charge in [-0.15, -0.1) is 0 Å². The molecule has 1 saturated heterocycles. The third-order valence-electron chi connectivity index (χ3n) is 5.32. The number of hydrogen-bond donors (Lipinski definition) is 4. The highest BCUT2D eigenvalue weighted by Gasteiger charge is 2.43. The van der Waals surface area contributed by atoms with Gasteiger partial charge in [0.05, 0.1) is 6.61 Å². The van der Waals surface area contributed by atoms with Crippen molar-refractivity contribution < 1.29 is 14.9 Å². The minimum atomic E-state index is -1.28. The number of likely N-dealkylation sites (N-methyl/N-ethyl adjacent to an activating group) is 1. The Bertz CT molecular complexity index is 987. The number of aliphatic hydroxyl groups excluding tert-OH is 1. The van der Waals surface area contributed by atoms with E-state index in [1.165, 1.54) is 9.47 Å². The largest absolute Gasteiger partial charge is 0.396 e. The second-order valence-electron chi connectivity index (χ2n) is 7.95. The second-order valence-corrected chi connectivity index (χ2v) is 7.95. The van der Waals surface area contributed by atoms with Gasteiger partial charge in [-0.3, -0.25) is 4.79 Å². The van der Waals surface area contributed by atoms with Gasteiger partial charge >= 0.3 is 0 Å². The van der Waals surface area contributed by atoms with E-state index in [2.05, 4.69) is 4.98 Å². The number of aliphatic hydroxyl groups is 2. The predicted molar refractivity (Wildman–Crippen MR) is 118 cm³/mol. The van der Waals surface area contributed by atoms with Crippen LogP contribution in [0, 0.1) is 5.92 Å². The standard InChI is InChI=1S/C21H29N5O4/c1-13(9-14-7-5-4-6-8-14)26-18(28)16(22)17(24-20(26)23)25(3)19-21(2,29)10-15(11-27)12-30-19/h4-9,15,19,27,29H,10-12,22H2,1-3H3,(H2,23,24)/b13-9+. The van der Waals surface area contributed by atoms with Crippen LogP contribution in [0.4, 0.5) is 17.5 Å². The molecule has 162 valence electrons. The Morgan fingerprint density at radius 3 is 2.67 bits per heavy atom. The number of nitrogens with zero attached hydrogens (tertiary/aromatic N) is 3. The maximum absolute atomic E-state index is 13.0. The molecule has 0 bridgehead atoms. The molecule has 1 fully saturated rings. The van der Waals surface area contributed by atoms with Crippen molar-refractivity contribution in [3.8, 4) is 0 Å². The van der Waals surface area contributed by atoms with Crippen LogP contribution in [0.15, 0.2) is 35.1 Å². The van der Waals surface area contributed by atoms with Crippen LogP contribution in [0.2, 0.25) is 0 Å². The van der Waals surface area contributed by atoms with E-state index in [1.807, 2.05) is 36.4 Å². The van der Waals surface area contributed by atoms with Gasteiger partial charge in [0.25, 0.3) is 5.56 Å². The molecule has 1 aromatic heterocycles. The van der Waals surface area contributed by atoms with E-state index in [-0.39, 0.29) is 36.6 Å². The Morgan fingerprint density at radius 1 is 1.40 bits per heavy atom. The normalized spacial score (nSPS) is 24.6. The van der Waals surface area contributed by atoms with Crippen molar-refractivity contribution in [2.24, 2.45) is 5.92 Å². The van der Waals surface area contributed by atoms with Crippen LogP contribution in [0.3, 0.4) is 0 Å². The van der Waals surface area contributed by atoms with E-state index in [0.717, 1.165) is 5.56 Å². The van der Waals surface area contributed by atoms with Gasteiger partial charge in [0.1, 0.15) is 11.3 Å². The molecule has 9 nitrogen and oxygen atoms in total. The number of anilines is 3. The Balaban J connectivity index is 1.97. The fraction of sp³-hybridized carbons (Fsp3) is 0.429. The molecule has 0 aliphatic carbocycles. The van der Waals surface area contributed by atoms with E-state index in [1.54, 1.807) is 20.9 Å².